The van der Waals surface area contributed by atoms with Crippen molar-refractivity contribution in [2.24, 2.45) is 7.05 Å². The molecule has 0 aliphatic carbocycles. The molecule has 2 aromatic rings. The molecule has 2 heterocycles. The Bertz CT molecular complexity index is 571. The number of hydrogen-bond acceptors (Lipinski definition) is 2. The van der Waals surface area contributed by atoms with Crippen LogP contribution in [0.25, 0.3) is 11.1 Å². The van der Waals surface area contributed by atoms with Crippen LogP contribution in [-0.4, -0.2) is 22.9 Å². The number of nitrogens with one attached hydrogen (secondary N) is 1. The molecular formula is C15H18ClN3. The van der Waals surface area contributed by atoms with E-state index in [2.05, 4.69) is 16.5 Å². The SMILES string of the molecule is Cn1ncc(-c2ccccc2Cl)c1C1CCNCC1. The Morgan fingerprint density at radius 3 is 2.68 bits per heavy atom. The van der Waals surface area contributed by atoms with Crippen molar-refractivity contribution >= 4 is 11.6 Å². The first-order valence-electron chi connectivity index (χ1n) is 6.75. The molecule has 1 aromatic heterocycles. The summed E-state index contributed by atoms with van der Waals surface area (Å²) in [6.45, 7) is 2.16. The van der Waals surface area contributed by atoms with E-state index in [4.69, 9.17) is 11.6 Å². The van der Waals surface area contributed by atoms with E-state index in [1.807, 2.05) is 36.1 Å². The number of piperidine rings is 1. The summed E-state index contributed by atoms with van der Waals surface area (Å²) >= 11 is 6.33. The highest BCUT2D eigenvalue weighted by Gasteiger charge is 2.23. The zero-order chi connectivity index (χ0) is 13.2. The Kier molecular flexibility index (Phi) is 3.58. The molecule has 0 radical (unpaired) electrons. The van der Waals surface area contributed by atoms with E-state index in [0.29, 0.717) is 5.92 Å². The smallest absolute Gasteiger partial charge is 0.0571 e. The summed E-state index contributed by atoms with van der Waals surface area (Å²) in [6.07, 6.45) is 4.27. The average molecular weight is 276 g/mol. The lowest BCUT2D eigenvalue weighted by molar-refractivity contribution is 0.440. The largest absolute Gasteiger partial charge is 0.317 e. The highest BCUT2D eigenvalue weighted by Crippen LogP contribution is 2.36. The van der Waals surface area contributed by atoms with Gasteiger partial charge in [-0.3, -0.25) is 4.68 Å². The molecule has 1 aromatic carbocycles. The third kappa shape index (κ3) is 2.40. The van der Waals surface area contributed by atoms with Crippen LogP contribution in [0, 0.1) is 0 Å². The van der Waals surface area contributed by atoms with Crippen molar-refractivity contribution in [2.75, 3.05) is 13.1 Å². The van der Waals surface area contributed by atoms with Crippen LogP contribution >= 0.6 is 11.6 Å². The Morgan fingerprint density at radius 2 is 1.95 bits per heavy atom. The zero-order valence-electron chi connectivity index (χ0n) is 11.1. The first-order chi connectivity index (χ1) is 9.27. The van der Waals surface area contributed by atoms with Crippen molar-refractivity contribution in [1.29, 1.82) is 0 Å². The number of hydrogen-bond donors (Lipinski definition) is 1. The van der Waals surface area contributed by atoms with Gasteiger partial charge >= 0.3 is 0 Å². The fourth-order valence-electron chi connectivity index (χ4n) is 2.91. The summed E-state index contributed by atoms with van der Waals surface area (Å²) in [4.78, 5) is 0. The second-order valence-corrected chi connectivity index (χ2v) is 5.48. The summed E-state index contributed by atoms with van der Waals surface area (Å²) in [5, 5.41) is 8.65. The molecule has 0 atom stereocenters. The fourth-order valence-corrected chi connectivity index (χ4v) is 3.15. The standard InChI is InChI=1S/C15H18ClN3/c1-19-15(11-6-8-17-9-7-11)13(10-18-19)12-4-2-3-5-14(12)16/h2-5,10-11,17H,6-9H2,1H3. The second-order valence-electron chi connectivity index (χ2n) is 5.07. The van der Waals surface area contributed by atoms with Crippen molar-refractivity contribution in [3.8, 4) is 11.1 Å². The van der Waals surface area contributed by atoms with Gasteiger partial charge in [-0.15, -0.1) is 0 Å². The molecule has 3 rings (SSSR count). The number of aryl methyl sites for hydroxylation is 1. The molecule has 1 N–H and O–H groups in total. The van der Waals surface area contributed by atoms with Gasteiger partial charge in [-0.05, 0) is 32.0 Å². The third-order valence-electron chi connectivity index (χ3n) is 3.87. The van der Waals surface area contributed by atoms with Gasteiger partial charge < -0.3 is 5.32 Å². The summed E-state index contributed by atoms with van der Waals surface area (Å²) in [5.74, 6) is 0.569. The Balaban J connectivity index is 2.05. The van der Waals surface area contributed by atoms with Crippen LogP contribution in [0.5, 0.6) is 0 Å². The molecule has 0 bridgehead atoms. The van der Waals surface area contributed by atoms with Crippen LogP contribution in [0.1, 0.15) is 24.5 Å². The van der Waals surface area contributed by atoms with Gasteiger partial charge in [0.2, 0.25) is 0 Å². The van der Waals surface area contributed by atoms with Crippen LogP contribution in [0.3, 0.4) is 0 Å². The predicted molar refractivity (Wildman–Crippen MR) is 78.5 cm³/mol. The van der Waals surface area contributed by atoms with Gasteiger partial charge in [0.25, 0.3) is 0 Å². The summed E-state index contributed by atoms with van der Waals surface area (Å²) < 4.78 is 2.01. The maximum Gasteiger partial charge on any atom is 0.0571 e. The van der Waals surface area contributed by atoms with Crippen molar-refractivity contribution in [3.63, 3.8) is 0 Å². The van der Waals surface area contributed by atoms with Crippen LogP contribution in [-0.2, 0) is 7.05 Å². The van der Waals surface area contributed by atoms with E-state index in [1.54, 1.807) is 0 Å². The number of nitrogens with zero attached hydrogens (tertiary/aromatic N) is 2. The van der Waals surface area contributed by atoms with Gasteiger partial charge in [0.05, 0.1) is 6.20 Å². The van der Waals surface area contributed by atoms with Gasteiger partial charge in [0, 0.05) is 34.8 Å². The molecule has 3 nitrogen and oxygen atoms in total. The first-order valence-corrected chi connectivity index (χ1v) is 7.12. The lowest BCUT2D eigenvalue weighted by Gasteiger charge is -2.24. The molecule has 0 amide bonds. The highest BCUT2D eigenvalue weighted by atomic mass is 35.5. The van der Waals surface area contributed by atoms with Gasteiger partial charge in [-0.2, -0.15) is 5.10 Å². The topological polar surface area (TPSA) is 29.9 Å². The monoisotopic (exact) mass is 275 g/mol. The normalized spacial score (nSPS) is 16.7. The number of benzene rings is 1. The minimum absolute atomic E-state index is 0.569. The molecule has 1 aliphatic heterocycles. The molecule has 0 saturated carbocycles. The summed E-state index contributed by atoms with van der Waals surface area (Å²) in [6, 6.07) is 8.01. The molecule has 100 valence electrons. The fraction of sp³-hybridized carbons (Fsp3) is 0.400. The quantitative estimate of drug-likeness (QED) is 0.912. The summed E-state index contributed by atoms with van der Waals surface area (Å²) in [7, 11) is 2.03. The second kappa shape index (κ2) is 5.35. The van der Waals surface area contributed by atoms with E-state index in [1.165, 1.54) is 11.3 Å². The maximum absolute atomic E-state index is 6.33. The van der Waals surface area contributed by atoms with Crippen molar-refractivity contribution in [3.05, 3.63) is 41.2 Å². The van der Waals surface area contributed by atoms with Crippen LogP contribution < -0.4 is 5.32 Å². The Morgan fingerprint density at radius 1 is 1.21 bits per heavy atom. The number of rotatable bonds is 2. The molecule has 19 heavy (non-hydrogen) atoms. The van der Waals surface area contributed by atoms with Crippen LogP contribution in [0.2, 0.25) is 5.02 Å². The molecule has 1 aliphatic rings. The van der Waals surface area contributed by atoms with Gasteiger partial charge in [-0.25, -0.2) is 0 Å². The van der Waals surface area contributed by atoms with E-state index in [9.17, 15) is 0 Å². The third-order valence-corrected chi connectivity index (χ3v) is 4.20. The minimum Gasteiger partial charge on any atom is -0.317 e. The molecule has 4 heteroatoms. The zero-order valence-corrected chi connectivity index (χ0v) is 11.8. The molecular weight excluding hydrogens is 258 g/mol. The summed E-state index contributed by atoms with van der Waals surface area (Å²) in [5.41, 5.74) is 3.58. The maximum atomic E-state index is 6.33. The van der Waals surface area contributed by atoms with E-state index >= 15 is 0 Å². The predicted octanol–water partition coefficient (Wildman–Crippen LogP) is 3.21. The minimum atomic E-state index is 0.569. The molecule has 1 fully saturated rings. The average Bonchev–Trinajstić information content (AvgIpc) is 2.82. The van der Waals surface area contributed by atoms with Gasteiger partial charge in [0.15, 0.2) is 0 Å². The van der Waals surface area contributed by atoms with Crippen molar-refractivity contribution in [1.82, 2.24) is 15.1 Å². The van der Waals surface area contributed by atoms with Gasteiger partial charge in [0.1, 0.15) is 0 Å². The number of aromatic nitrogens is 2. The van der Waals surface area contributed by atoms with Crippen LogP contribution in [0.4, 0.5) is 0 Å². The number of halogens is 1. The lowest BCUT2D eigenvalue weighted by atomic mass is 9.90. The molecule has 0 unspecified atom stereocenters. The molecule has 0 spiro atoms. The Hall–Kier alpha value is -1.32. The van der Waals surface area contributed by atoms with E-state index < -0.39 is 0 Å². The van der Waals surface area contributed by atoms with Crippen LogP contribution in [0.15, 0.2) is 30.5 Å². The van der Waals surface area contributed by atoms with E-state index in [0.717, 1.165) is 36.5 Å². The van der Waals surface area contributed by atoms with E-state index in [-0.39, 0.29) is 0 Å². The Labute approximate surface area is 118 Å². The molecule has 1 saturated heterocycles. The lowest BCUT2D eigenvalue weighted by Crippen LogP contribution is -2.27. The van der Waals surface area contributed by atoms with Crippen molar-refractivity contribution in [2.45, 2.75) is 18.8 Å². The first kappa shape index (κ1) is 12.7. The van der Waals surface area contributed by atoms with Crippen molar-refractivity contribution < 1.29 is 0 Å². The van der Waals surface area contributed by atoms with Gasteiger partial charge in [-0.1, -0.05) is 29.8 Å². The highest BCUT2D eigenvalue weighted by molar-refractivity contribution is 6.33.